The molecule has 6 saturated heterocycles. The molecule has 0 saturated carbocycles. The third-order valence-electron chi connectivity index (χ3n) is 27.1. The maximum atomic E-state index is 5.84. The quantitative estimate of drug-likeness (QED) is 0.0259. The standard InChI is InChI=1S/C96H182N24O6/c1-85(2)62-72(63-86(3,4)109-85)113(50-36-56-121-25)79-100-76(101-80(106-79)114(51-37-57-122-26)73-64-87(5,6)110-88(7,8)65-73)97-48-32-31-42-71(70-99-78-104-83(117(54-40-60-125-29)119-93(17,18)44-34-45-94(119,19)20)108-84(105-78)118(55-41-61-126-30)120-95(21,22)46-35-47-96(120,23)24)43-33-49-98-77-102-81(115(52-38-58-123-27)74-66-89(9,10)111-90(11,12)67-74)107-82(103-77)116(53-39-59-124-28)75-68-91(13,14)112-92(15,16)69-75/h71-75,109-112H,31-70H2,1-30H3,(H,97,100,101,106)(H,98,102,103,107)(H,99,104,105,108). The number of piperidine rings is 6. The Morgan fingerprint density at radius 1 is 0.294 bits per heavy atom. The first-order chi connectivity index (χ1) is 59.0. The van der Waals surface area contributed by atoms with Gasteiger partial charge in [-0.25, -0.2) is 10.0 Å². The topological polar surface area (TPSA) is 282 Å². The van der Waals surface area contributed by atoms with Crippen LogP contribution in [0, 0.1) is 5.92 Å². The Kier molecular flexibility index (Phi) is 36.9. The van der Waals surface area contributed by atoms with E-state index in [0.717, 1.165) is 187 Å². The molecule has 0 amide bonds. The maximum absolute atomic E-state index is 5.84. The lowest BCUT2D eigenvalue weighted by atomic mass is 9.79. The van der Waals surface area contributed by atoms with E-state index in [0.29, 0.717) is 126 Å². The molecule has 0 aliphatic carbocycles. The summed E-state index contributed by atoms with van der Waals surface area (Å²) in [5, 5.41) is 37.7. The summed E-state index contributed by atoms with van der Waals surface area (Å²) in [6.45, 7) is 66.4. The van der Waals surface area contributed by atoms with Crippen LogP contribution in [0.25, 0.3) is 0 Å². The molecule has 7 N–H and O–H groups in total. The van der Waals surface area contributed by atoms with E-state index in [1.54, 1.807) is 42.7 Å². The lowest BCUT2D eigenvalue weighted by molar-refractivity contribution is -0.0415. The molecule has 30 nitrogen and oxygen atoms in total. The third kappa shape index (κ3) is 30.4. The Hall–Kier alpha value is -5.25. The zero-order chi connectivity index (χ0) is 92.5. The summed E-state index contributed by atoms with van der Waals surface area (Å²) in [6, 6.07) is 0.645. The molecule has 0 spiro atoms. The van der Waals surface area contributed by atoms with Crippen LogP contribution in [-0.2, 0) is 28.4 Å². The van der Waals surface area contributed by atoms with Crippen LogP contribution in [0.1, 0.15) is 327 Å². The molecule has 0 aromatic carbocycles. The Balaban J connectivity index is 1.13. The predicted octanol–water partition coefficient (Wildman–Crippen LogP) is 15.7. The van der Waals surface area contributed by atoms with Gasteiger partial charge in [0.1, 0.15) is 0 Å². The molecule has 0 radical (unpaired) electrons. The van der Waals surface area contributed by atoms with Gasteiger partial charge in [0.25, 0.3) is 0 Å². The summed E-state index contributed by atoms with van der Waals surface area (Å²) in [7, 11) is 10.8. The average Bonchev–Trinajstić information content (AvgIpc) is 0.747. The fourth-order valence-corrected chi connectivity index (χ4v) is 23.8. The van der Waals surface area contributed by atoms with Gasteiger partial charge in [0, 0.05) is 232 Å². The van der Waals surface area contributed by atoms with Crippen molar-refractivity contribution in [3.8, 4) is 0 Å². The van der Waals surface area contributed by atoms with E-state index in [4.69, 9.17) is 73.3 Å². The lowest BCUT2D eigenvalue weighted by Gasteiger charge is -2.57. The van der Waals surface area contributed by atoms with Gasteiger partial charge in [0.2, 0.25) is 53.5 Å². The number of nitrogens with zero attached hydrogens (tertiary/aromatic N) is 17. The van der Waals surface area contributed by atoms with Crippen molar-refractivity contribution < 1.29 is 28.4 Å². The molecular formula is C96H182N24O6. The van der Waals surface area contributed by atoms with E-state index in [1.807, 2.05) is 0 Å². The van der Waals surface area contributed by atoms with Gasteiger partial charge in [-0.3, -0.25) is 10.0 Å². The summed E-state index contributed by atoms with van der Waals surface area (Å²) >= 11 is 0. The summed E-state index contributed by atoms with van der Waals surface area (Å²) in [6.07, 6.45) is 23.2. The number of anilines is 9. The van der Waals surface area contributed by atoms with Crippen molar-refractivity contribution in [2.24, 2.45) is 5.92 Å². The number of hydrogen-bond acceptors (Lipinski definition) is 30. The Morgan fingerprint density at radius 2 is 0.524 bits per heavy atom. The second-order valence-electron chi connectivity index (χ2n) is 46.0. The molecule has 9 rings (SSSR count). The van der Waals surface area contributed by atoms with Crippen molar-refractivity contribution >= 4 is 53.5 Å². The summed E-state index contributed by atoms with van der Waals surface area (Å²) < 4.78 is 34.8. The van der Waals surface area contributed by atoms with E-state index in [-0.39, 0.29) is 96.6 Å². The van der Waals surface area contributed by atoms with Crippen LogP contribution in [0.3, 0.4) is 0 Å². The fourth-order valence-electron chi connectivity index (χ4n) is 23.8. The van der Waals surface area contributed by atoms with Crippen molar-refractivity contribution in [3.63, 3.8) is 0 Å². The number of aromatic nitrogens is 9. The first-order valence-electron chi connectivity index (χ1n) is 48.8. The van der Waals surface area contributed by atoms with Crippen LogP contribution >= 0.6 is 0 Å². The highest BCUT2D eigenvalue weighted by Crippen LogP contribution is 2.46. The van der Waals surface area contributed by atoms with Gasteiger partial charge in [-0.1, -0.05) is 6.42 Å². The highest BCUT2D eigenvalue weighted by atomic mass is 16.5. The number of rotatable bonds is 50. The first-order valence-corrected chi connectivity index (χ1v) is 48.8. The van der Waals surface area contributed by atoms with Gasteiger partial charge < -0.3 is 85.2 Å². The van der Waals surface area contributed by atoms with E-state index < -0.39 is 0 Å². The number of ether oxygens (including phenoxy) is 6. The first kappa shape index (κ1) is 104. The summed E-state index contributed by atoms with van der Waals surface area (Å²) in [5.74, 6) is 6.03. The number of nitrogens with one attached hydrogen (secondary N) is 7. The number of hydrogen-bond donors (Lipinski definition) is 7. The van der Waals surface area contributed by atoms with Crippen LogP contribution in [0.5, 0.6) is 0 Å². The van der Waals surface area contributed by atoms with Gasteiger partial charge in [-0.2, -0.15) is 44.9 Å². The molecule has 6 aliphatic heterocycles. The van der Waals surface area contributed by atoms with Crippen molar-refractivity contribution in [2.75, 3.05) is 187 Å². The minimum atomic E-state index is -0.203. The number of hydrazine groups is 2. The zero-order valence-corrected chi connectivity index (χ0v) is 85.2. The summed E-state index contributed by atoms with van der Waals surface area (Å²) in [5.41, 5.74) is -1.78. The van der Waals surface area contributed by atoms with Crippen molar-refractivity contribution in [1.82, 2.24) is 76.1 Å². The SMILES string of the molecule is COCCCN(c1nc(NCCCCC(CCCNc2nc(N(CCCOC)C3CC(C)(C)NC(C)(C)C3)nc(N(CCCOC)C3CC(C)(C)NC(C)(C)C3)n2)CNc2nc(N(CCCOC)N3C(C)(C)CCCC3(C)C)nc(N(CCCOC)N3C(C)(C)CCCC3(C)C)n2)nc(N(CCCOC)C2CC(C)(C)NC(C)(C)C2)n1)C1CC(C)(C)NC(C)(C)C1. The molecule has 6 aliphatic rings. The molecule has 1 unspecified atom stereocenters. The smallest absolute Gasteiger partial charge is 0.246 e. The molecular weight excluding hydrogens is 1590 g/mol. The van der Waals surface area contributed by atoms with Gasteiger partial charge >= 0.3 is 0 Å². The third-order valence-corrected chi connectivity index (χ3v) is 27.1. The number of unbranched alkanes of at least 4 members (excludes halogenated alkanes) is 1. The second kappa shape index (κ2) is 44.5. The zero-order valence-electron chi connectivity index (χ0n) is 85.2. The molecule has 126 heavy (non-hydrogen) atoms. The van der Waals surface area contributed by atoms with Gasteiger partial charge in [0.15, 0.2) is 0 Å². The van der Waals surface area contributed by atoms with Crippen molar-refractivity contribution in [3.05, 3.63) is 0 Å². The molecule has 30 heteroatoms. The van der Waals surface area contributed by atoms with E-state index in [1.165, 1.54) is 0 Å². The molecule has 0 bridgehead atoms. The number of methoxy groups -OCH3 is 6. The van der Waals surface area contributed by atoms with Gasteiger partial charge in [0.05, 0.1) is 0 Å². The van der Waals surface area contributed by atoms with Crippen molar-refractivity contribution in [1.29, 1.82) is 0 Å². The van der Waals surface area contributed by atoms with E-state index in [2.05, 4.69) is 243 Å². The predicted molar refractivity (Wildman–Crippen MR) is 520 cm³/mol. The van der Waals surface area contributed by atoms with Crippen LogP contribution in [0.2, 0.25) is 0 Å². The largest absolute Gasteiger partial charge is 0.385 e. The molecule has 1 atom stereocenters. The molecule has 9 heterocycles. The van der Waals surface area contributed by atoms with Crippen LogP contribution in [0.15, 0.2) is 0 Å². The highest BCUT2D eigenvalue weighted by molar-refractivity contribution is 5.50. The average molecular weight is 1770 g/mol. The molecule has 6 fully saturated rings. The normalized spacial score (nSPS) is 22.2. The van der Waals surface area contributed by atoms with E-state index >= 15 is 0 Å². The fraction of sp³-hybridized carbons (Fsp3) is 0.906. The maximum Gasteiger partial charge on any atom is 0.246 e. The molecule has 3 aromatic rings. The van der Waals surface area contributed by atoms with Crippen LogP contribution in [-0.4, -0.2) is 287 Å². The van der Waals surface area contributed by atoms with E-state index in [9.17, 15) is 0 Å². The lowest BCUT2D eigenvalue weighted by Crippen LogP contribution is -2.67. The minimum absolute atomic E-state index is 0.117. The van der Waals surface area contributed by atoms with Crippen molar-refractivity contribution in [2.45, 2.75) is 417 Å². The van der Waals surface area contributed by atoms with Crippen LogP contribution < -0.4 is 66.8 Å². The molecule has 3 aromatic heterocycles. The Bertz CT molecular complexity index is 3480. The minimum Gasteiger partial charge on any atom is -0.385 e. The summed E-state index contributed by atoms with van der Waals surface area (Å²) in [4.78, 5) is 60.4. The Labute approximate surface area is 764 Å². The van der Waals surface area contributed by atoms with Gasteiger partial charge in [-0.15, -0.1) is 0 Å². The van der Waals surface area contributed by atoms with Gasteiger partial charge in [-0.05, 0) is 326 Å². The highest BCUT2D eigenvalue weighted by Gasteiger charge is 2.51. The molecule has 722 valence electrons. The Morgan fingerprint density at radius 3 is 0.794 bits per heavy atom. The second-order valence-corrected chi connectivity index (χ2v) is 46.0. The van der Waals surface area contributed by atoms with Crippen LogP contribution in [0.4, 0.5) is 53.5 Å². The monoisotopic (exact) mass is 1770 g/mol.